The summed E-state index contributed by atoms with van der Waals surface area (Å²) < 4.78 is 5.51. The Morgan fingerprint density at radius 3 is 2.61 bits per heavy atom. The number of hydrogen-bond acceptors (Lipinski definition) is 5. The van der Waals surface area contributed by atoms with Gasteiger partial charge in [0.2, 0.25) is 0 Å². The van der Waals surface area contributed by atoms with Crippen LogP contribution in [-0.2, 0) is 0 Å². The molecule has 2 N–H and O–H groups in total. The third-order valence-corrected chi connectivity index (χ3v) is 5.28. The number of aliphatic hydroxyl groups excluding tert-OH is 1. The van der Waals surface area contributed by atoms with E-state index in [0.717, 1.165) is 39.1 Å². The van der Waals surface area contributed by atoms with Gasteiger partial charge in [-0.05, 0) is 47.5 Å². The SMILES string of the molecule is COc1ccccc1-c1n[nH]c2ncc(-c3cccc(C(O)c4ccccn4)c3)cc12. The van der Waals surface area contributed by atoms with Crippen molar-refractivity contribution < 1.29 is 9.84 Å². The lowest BCUT2D eigenvalue weighted by Gasteiger charge is -2.12. The van der Waals surface area contributed by atoms with Gasteiger partial charge in [0.25, 0.3) is 0 Å². The predicted molar refractivity (Wildman–Crippen MR) is 120 cm³/mol. The highest BCUT2D eigenvalue weighted by atomic mass is 16.5. The smallest absolute Gasteiger partial charge is 0.155 e. The van der Waals surface area contributed by atoms with Gasteiger partial charge in [-0.3, -0.25) is 10.1 Å². The predicted octanol–water partition coefficient (Wildman–Crippen LogP) is 4.78. The number of methoxy groups -OCH3 is 1. The third-order valence-electron chi connectivity index (χ3n) is 5.28. The van der Waals surface area contributed by atoms with Crippen molar-refractivity contribution in [2.75, 3.05) is 7.11 Å². The Morgan fingerprint density at radius 2 is 1.77 bits per heavy atom. The lowest BCUT2D eigenvalue weighted by molar-refractivity contribution is 0.215. The molecule has 0 aliphatic carbocycles. The van der Waals surface area contributed by atoms with Crippen LogP contribution in [0.15, 0.2) is 85.2 Å². The number of ether oxygens (including phenoxy) is 1. The van der Waals surface area contributed by atoms with Gasteiger partial charge >= 0.3 is 0 Å². The van der Waals surface area contributed by atoms with Crippen molar-refractivity contribution in [2.45, 2.75) is 6.10 Å². The maximum Gasteiger partial charge on any atom is 0.155 e. The first-order chi connectivity index (χ1) is 15.2. The first-order valence-corrected chi connectivity index (χ1v) is 9.91. The maximum atomic E-state index is 10.7. The molecule has 5 rings (SSSR count). The van der Waals surface area contributed by atoms with Crippen LogP contribution in [0.2, 0.25) is 0 Å². The minimum atomic E-state index is -0.795. The average molecular weight is 408 g/mol. The van der Waals surface area contributed by atoms with E-state index in [4.69, 9.17) is 4.74 Å². The van der Waals surface area contributed by atoms with Crippen LogP contribution in [0.5, 0.6) is 5.75 Å². The Morgan fingerprint density at radius 1 is 0.903 bits per heavy atom. The first-order valence-electron chi connectivity index (χ1n) is 9.91. The van der Waals surface area contributed by atoms with Crippen LogP contribution in [0.3, 0.4) is 0 Å². The van der Waals surface area contributed by atoms with E-state index in [0.29, 0.717) is 11.3 Å². The van der Waals surface area contributed by atoms with E-state index in [1.807, 2.05) is 66.7 Å². The second kappa shape index (κ2) is 8.01. The van der Waals surface area contributed by atoms with Gasteiger partial charge in [0, 0.05) is 28.9 Å². The highest BCUT2D eigenvalue weighted by Gasteiger charge is 2.16. The lowest BCUT2D eigenvalue weighted by Crippen LogP contribution is -2.01. The van der Waals surface area contributed by atoms with E-state index < -0.39 is 6.10 Å². The molecule has 152 valence electrons. The molecule has 1 atom stereocenters. The number of rotatable bonds is 5. The molecule has 3 aromatic heterocycles. The Hall–Kier alpha value is -4.03. The molecule has 0 radical (unpaired) electrons. The molecule has 0 bridgehead atoms. The van der Waals surface area contributed by atoms with Gasteiger partial charge in [0.15, 0.2) is 5.65 Å². The van der Waals surface area contributed by atoms with Crippen molar-refractivity contribution in [3.05, 3.63) is 96.4 Å². The lowest BCUT2D eigenvalue weighted by atomic mass is 9.99. The minimum Gasteiger partial charge on any atom is -0.496 e. The number of H-pyrrole nitrogens is 1. The number of aromatic amines is 1. The van der Waals surface area contributed by atoms with E-state index in [9.17, 15) is 5.11 Å². The molecule has 2 aromatic carbocycles. The van der Waals surface area contributed by atoms with Crippen molar-refractivity contribution in [1.82, 2.24) is 20.2 Å². The number of fused-ring (bicyclic) bond motifs is 1. The van der Waals surface area contributed by atoms with Crippen molar-refractivity contribution in [3.8, 4) is 28.1 Å². The molecule has 0 fully saturated rings. The topological polar surface area (TPSA) is 83.9 Å². The zero-order valence-corrected chi connectivity index (χ0v) is 16.9. The number of benzene rings is 2. The molecule has 0 aliphatic rings. The van der Waals surface area contributed by atoms with Gasteiger partial charge in [-0.15, -0.1) is 0 Å². The summed E-state index contributed by atoms with van der Waals surface area (Å²) in [4.78, 5) is 8.82. The second-order valence-corrected chi connectivity index (χ2v) is 7.18. The molecular formula is C25H20N4O2. The molecule has 0 saturated carbocycles. The molecule has 31 heavy (non-hydrogen) atoms. The summed E-state index contributed by atoms with van der Waals surface area (Å²) in [6.45, 7) is 0. The quantitative estimate of drug-likeness (QED) is 0.437. The number of para-hydroxylation sites is 1. The fraction of sp³-hybridized carbons (Fsp3) is 0.0800. The summed E-state index contributed by atoms with van der Waals surface area (Å²) in [6, 6.07) is 23.1. The number of aromatic nitrogens is 4. The van der Waals surface area contributed by atoms with E-state index in [1.165, 1.54) is 0 Å². The summed E-state index contributed by atoms with van der Waals surface area (Å²) in [5.74, 6) is 0.752. The second-order valence-electron chi connectivity index (χ2n) is 7.18. The molecule has 6 heteroatoms. The van der Waals surface area contributed by atoms with Gasteiger partial charge in [-0.2, -0.15) is 5.10 Å². The van der Waals surface area contributed by atoms with Crippen LogP contribution in [0.1, 0.15) is 17.4 Å². The van der Waals surface area contributed by atoms with E-state index >= 15 is 0 Å². The summed E-state index contributed by atoms with van der Waals surface area (Å²) in [5, 5.41) is 19.1. The van der Waals surface area contributed by atoms with Gasteiger partial charge in [0.1, 0.15) is 17.5 Å². The number of aliphatic hydroxyl groups is 1. The fourth-order valence-electron chi connectivity index (χ4n) is 3.70. The molecule has 1 unspecified atom stereocenters. The average Bonchev–Trinajstić information content (AvgIpc) is 3.27. The number of pyridine rings is 2. The molecule has 0 amide bonds. The standard InChI is InChI=1S/C25H20N4O2/c1-31-22-11-3-2-9-19(22)23-20-14-18(15-27-25(20)29-28-23)16-7-6-8-17(13-16)24(30)21-10-4-5-12-26-21/h2-15,24,30H,1H3,(H,27,28,29). The molecular weight excluding hydrogens is 388 g/mol. The summed E-state index contributed by atoms with van der Waals surface area (Å²) in [6.07, 6.45) is 2.69. The first kappa shape index (κ1) is 19.0. The van der Waals surface area contributed by atoms with Gasteiger partial charge in [-0.1, -0.05) is 36.4 Å². The van der Waals surface area contributed by atoms with Crippen LogP contribution >= 0.6 is 0 Å². The zero-order chi connectivity index (χ0) is 21.2. The highest BCUT2D eigenvalue weighted by Crippen LogP contribution is 2.34. The normalized spacial score (nSPS) is 12.1. The summed E-state index contributed by atoms with van der Waals surface area (Å²) in [5.41, 5.74) is 5.65. The van der Waals surface area contributed by atoms with Crippen LogP contribution in [-0.4, -0.2) is 32.4 Å². The van der Waals surface area contributed by atoms with Crippen LogP contribution in [0.25, 0.3) is 33.4 Å². The van der Waals surface area contributed by atoms with Crippen molar-refractivity contribution in [3.63, 3.8) is 0 Å². The monoisotopic (exact) mass is 408 g/mol. The fourth-order valence-corrected chi connectivity index (χ4v) is 3.70. The third kappa shape index (κ3) is 3.53. The Labute approximate surface area is 179 Å². The van der Waals surface area contributed by atoms with Gasteiger partial charge in [0.05, 0.1) is 12.8 Å². The largest absolute Gasteiger partial charge is 0.496 e. The van der Waals surface area contributed by atoms with Crippen LogP contribution in [0, 0.1) is 0 Å². The maximum absolute atomic E-state index is 10.7. The Kier molecular flexibility index (Phi) is 4.90. The number of nitrogens with one attached hydrogen (secondary N) is 1. The van der Waals surface area contributed by atoms with Gasteiger partial charge in [-0.25, -0.2) is 4.98 Å². The van der Waals surface area contributed by atoms with Crippen molar-refractivity contribution in [1.29, 1.82) is 0 Å². The molecule has 6 nitrogen and oxygen atoms in total. The van der Waals surface area contributed by atoms with E-state index in [1.54, 1.807) is 19.5 Å². The summed E-state index contributed by atoms with van der Waals surface area (Å²) in [7, 11) is 1.65. The van der Waals surface area contributed by atoms with Crippen LogP contribution in [0.4, 0.5) is 0 Å². The Bertz CT molecular complexity index is 1350. The van der Waals surface area contributed by atoms with Crippen molar-refractivity contribution in [2.24, 2.45) is 0 Å². The van der Waals surface area contributed by atoms with E-state index in [-0.39, 0.29) is 0 Å². The summed E-state index contributed by atoms with van der Waals surface area (Å²) >= 11 is 0. The molecule has 0 aliphatic heterocycles. The molecule has 3 heterocycles. The van der Waals surface area contributed by atoms with Crippen molar-refractivity contribution >= 4 is 11.0 Å². The minimum absolute atomic E-state index is 0.613. The van der Waals surface area contributed by atoms with E-state index in [2.05, 4.69) is 26.2 Å². The Balaban J connectivity index is 1.57. The molecule has 0 saturated heterocycles. The molecule has 5 aromatic rings. The van der Waals surface area contributed by atoms with Crippen LogP contribution < -0.4 is 4.74 Å². The molecule has 0 spiro atoms. The zero-order valence-electron chi connectivity index (χ0n) is 16.9. The van der Waals surface area contributed by atoms with Gasteiger partial charge < -0.3 is 9.84 Å². The number of hydrogen-bond donors (Lipinski definition) is 2. The number of nitrogens with zero attached hydrogens (tertiary/aromatic N) is 3. The highest BCUT2D eigenvalue weighted by molar-refractivity contribution is 5.94.